The molecule has 0 atom stereocenters. The van der Waals surface area contributed by atoms with E-state index in [9.17, 15) is 0 Å². The molecule has 0 aromatic heterocycles. The second-order valence-electron chi connectivity index (χ2n) is 7.29. The van der Waals surface area contributed by atoms with Gasteiger partial charge in [0, 0.05) is 5.56 Å². The van der Waals surface area contributed by atoms with Gasteiger partial charge in [-0.2, -0.15) is 0 Å². The maximum atomic E-state index is 8.68. The van der Waals surface area contributed by atoms with Crippen molar-refractivity contribution >= 4 is 6.21 Å². The van der Waals surface area contributed by atoms with E-state index < -0.39 is 0 Å². The van der Waals surface area contributed by atoms with Gasteiger partial charge in [0.2, 0.25) is 0 Å². The maximum Gasteiger partial charge on any atom is 0.161 e. The second-order valence-corrected chi connectivity index (χ2v) is 7.29. The molecule has 0 aliphatic rings. The smallest absolute Gasteiger partial charge is 0.161 e. The Kier molecular flexibility index (Phi) is 7.11. The van der Waals surface area contributed by atoms with Crippen molar-refractivity contribution < 1.29 is 19.4 Å². The third kappa shape index (κ3) is 5.64. The number of ether oxygens (including phenoxy) is 3. The monoisotopic (exact) mass is 371 g/mol. The van der Waals surface area contributed by atoms with Crippen LogP contribution >= 0.6 is 0 Å². The molecule has 2 aromatic carbocycles. The number of oxime groups is 1. The molecule has 5 heteroatoms. The first-order chi connectivity index (χ1) is 12.9. The van der Waals surface area contributed by atoms with Gasteiger partial charge in [0.15, 0.2) is 11.5 Å². The third-order valence-electron chi connectivity index (χ3n) is 4.25. The molecule has 1 N–H and O–H groups in total. The number of hydrogen-bond donors (Lipinski definition) is 1. The van der Waals surface area contributed by atoms with E-state index in [0.29, 0.717) is 24.7 Å². The highest BCUT2D eigenvalue weighted by atomic mass is 16.5. The van der Waals surface area contributed by atoms with E-state index in [-0.39, 0.29) is 5.41 Å². The molecule has 0 saturated carbocycles. The summed E-state index contributed by atoms with van der Waals surface area (Å²) < 4.78 is 17.1. The van der Waals surface area contributed by atoms with E-state index in [1.165, 1.54) is 17.3 Å². The minimum atomic E-state index is 0.00253. The zero-order valence-corrected chi connectivity index (χ0v) is 16.8. The fraction of sp³-hybridized carbons (Fsp3) is 0.409. The molecule has 2 rings (SSSR count). The molecule has 0 saturated heterocycles. The van der Waals surface area contributed by atoms with E-state index in [2.05, 4.69) is 45.0 Å². The van der Waals surface area contributed by atoms with Crippen LogP contribution in [-0.2, 0) is 11.8 Å². The van der Waals surface area contributed by atoms with Crippen molar-refractivity contribution in [3.05, 3.63) is 53.1 Å². The SMILES string of the molecule is CCc1ccc(OCCOc2cc(C=NO)ccc2OC)c(C(C)(C)C)c1. The quantitative estimate of drug-likeness (QED) is 0.313. The summed E-state index contributed by atoms with van der Waals surface area (Å²) in [5.74, 6) is 2.08. The highest BCUT2D eigenvalue weighted by molar-refractivity contribution is 5.80. The lowest BCUT2D eigenvalue weighted by Crippen LogP contribution is -2.16. The van der Waals surface area contributed by atoms with Gasteiger partial charge in [0.25, 0.3) is 0 Å². The first kappa shape index (κ1) is 20.6. The third-order valence-corrected chi connectivity index (χ3v) is 4.25. The van der Waals surface area contributed by atoms with Crippen LogP contribution in [0.1, 0.15) is 44.4 Å². The van der Waals surface area contributed by atoms with Crippen molar-refractivity contribution in [2.45, 2.75) is 39.5 Å². The number of aryl methyl sites for hydroxylation is 1. The highest BCUT2D eigenvalue weighted by Gasteiger charge is 2.19. The summed E-state index contributed by atoms with van der Waals surface area (Å²) in [6.45, 7) is 9.49. The minimum absolute atomic E-state index is 0.00253. The van der Waals surface area contributed by atoms with Gasteiger partial charge in [-0.25, -0.2) is 0 Å². The van der Waals surface area contributed by atoms with Crippen LogP contribution < -0.4 is 14.2 Å². The molecule has 0 radical (unpaired) electrons. The zero-order valence-electron chi connectivity index (χ0n) is 16.8. The largest absolute Gasteiger partial charge is 0.493 e. The summed E-state index contributed by atoms with van der Waals surface area (Å²) in [4.78, 5) is 0. The summed E-state index contributed by atoms with van der Waals surface area (Å²) in [7, 11) is 1.59. The minimum Gasteiger partial charge on any atom is -0.493 e. The van der Waals surface area contributed by atoms with Crippen molar-refractivity contribution in [2.24, 2.45) is 5.16 Å². The molecule has 146 valence electrons. The van der Waals surface area contributed by atoms with Crippen molar-refractivity contribution in [1.29, 1.82) is 0 Å². The highest BCUT2D eigenvalue weighted by Crippen LogP contribution is 2.32. The Morgan fingerprint density at radius 3 is 2.22 bits per heavy atom. The Balaban J connectivity index is 2.04. The van der Waals surface area contributed by atoms with Gasteiger partial charge < -0.3 is 19.4 Å². The molecule has 0 fully saturated rings. The standard InChI is InChI=1S/C22H29NO4/c1-6-16-7-9-19(18(13-16)22(2,3)4)26-11-12-27-21-14-17(15-23-24)8-10-20(21)25-5/h7-10,13-15,24H,6,11-12H2,1-5H3. The number of methoxy groups -OCH3 is 1. The van der Waals surface area contributed by atoms with Gasteiger partial charge in [-0.15, -0.1) is 0 Å². The van der Waals surface area contributed by atoms with Gasteiger partial charge in [0.1, 0.15) is 19.0 Å². The van der Waals surface area contributed by atoms with Crippen LogP contribution in [0.15, 0.2) is 41.6 Å². The number of hydrogen-bond acceptors (Lipinski definition) is 5. The molecule has 0 heterocycles. The van der Waals surface area contributed by atoms with Crippen LogP contribution in [0.25, 0.3) is 0 Å². The number of nitrogens with zero attached hydrogens (tertiary/aromatic N) is 1. The second kappa shape index (κ2) is 9.31. The Morgan fingerprint density at radius 2 is 1.63 bits per heavy atom. The van der Waals surface area contributed by atoms with Gasteiger partial charge in [-0.1, -0.05) is 45.0 Å². The average molecular weight is 371 g/mol. The topological polar surface area (TPSA) is 60.3 Å². The van der Waals surface area contributed by atoms with Crippen LogP contribution in [0, 0.1) is 0 Å². The van der Waals surface area contributed by atoms with Crippen LogP contribution in [0.3, 0.4) is 0 Å². The number of benzene rings is 2. The number of rotatable bonds is 8. The van der Waals surface area contributed by atoms with Crippen LogP contribution in [0.2, 0.25) is 0 Å². The van der Waals surface area contributed by atoms with Gasteiger partial charge in [0.05, 0.1) is 13.3 Å². The van der Waals surface area contributed by atoms with E-state index in [4.69, 9.17) is 19.4 Å². The predicted molar refractivity (Wildman–Crippen MR) is 108 cm³/mol. The average Bonchev–Trinajstić information content (AvgIpc) is 2.65. The van der Waals surface area contributed by atoms with E-state index in [1.54, 1.807) is 25.3 Å². The summed E-state index contributed by atoms with van der Waals surface area (Å²) in [6.07, 6.45) is 2.34. The summed E-state index contributed by atoms with van der Waals surface area (Å²) >= 11 is 0. The molecule has 5 nitrogen and oxygen atoms in total. The van der Waals surface area contributed by atoms with Crippen LogP contribution in [-0.4, -0.2) is 31.7 Å². The van der Waals surface area contributed by atoms with Crippen molar-refractivity contribution in [3.8, 4) is 17.2 Å². The van der Waals surface area contributed by atoms with Crippen molar-refractivity contribution in [1.82, 2.24) is 0 Å². The van der Waals surface area contributed by atoms with E-state index in [1.807, 2.05) is 6.07 Å². The molecule has 0 bridgehead atoms. The molecular formula is C22H29NO4. The van der Waals surface area contributed by atoms with Gasteiger partial charge >= 0.3 is 0 Å². The Hall–Kier alpha value is -2.69. The lowest BCUT2D eigenvalue weighted by Gasteiger charge is -2.24. The summed E-state index contributed by atoms with van der Waals surface area (Å²) in [5.41, 5.74) is 3.22. The molecule has 0 aliphatic carbocycles. The zero-order chi connectivity index (χ0) is 19.9. The lowest BCUT2D eigenvalue weighted by atomic mass is 9.85. The molecular weight excluding hydrogens is 342 g/mol. The molecule has 2 aromatic rings. The van der Waals surface area contributed by atoms with Gasteiger partial charge in [-0.05, 0) is 47.2 Å². The fourth-order valence-corrected chi connectivity index (χ4v) is 2.77. The lowest BCUT2D eigenvalue weighted by molar-refractivity contribution is 0.208. The first-order valence-corrected chi connectivity index (χ1v) is 9.13. The van der Waals surface area contributed by atoms with Gasteiger partial charge in [-0.3, -0.25) is 0 Å². The Morgan fingerprint density at radius 1 is 0.963 bits per heavy atom. The van der Waals surface area contributed by atoms with E-state index >= 15 is 0 Å². The summed E-state index contributed by atoms with van der Waals surface area (Å²) in [5, 5.41) is 11.7. The normalized spacial score (nSPS) is 11.6. The molecule has 27 heavy (non-hydrogen) atoms. The predicted octanol–water partition coefficient (Wildman–Crippen LogP) is 4.82. The molecule has 0 aliphatic heterocycles. The van der Waals surface area contributed by atoms with Crippen LogP contribution in [0.4, 0.5) is 0 Å². The molecule has 0 unspecified atom stereocenters. The van der Waals surface area contributed by atoms with E-state index in [0.717, 1.165) is 17.7 Å². The first-order valence-electron chi connectivity index (χ1n) is 9.13. The maximum absolute atomic E-state index is 8.68. The Labute approximate surface area is 161 Å². The van der Waals surface area contributed by atoms with Crippen LogP contribution in [0.5, 0.6) is 17.2 Å². The van der Waals surface area contributed by atoms with Crippen molar-refractivity contribution in [2.75, 3.05) is 20.3 Å². The molecule has 0 spiro atoms. The fourth-order valence-electron chi connectivity index (χ4n) is 2.77. The molecule has 0 amide bonds. The summed E-state index contributed by atoms with van der Waals surface area (Å²) in [6, 6.07) is 11.7. The van der Waals surface area contributed by atoms with Crippen molar-refractivity contribution in [3.63, 3.8) is 0 Å². The Bertz CT molecular complexity index is 778.